The lowest BCUT2D eigenvalue weighted by Crippen LogP contribution is -2.31. The van der Waals surface area contributed by atoms with Crippen molar-refractivity contribution in [3.63, 3.8) is 0 Å². The molecule has 0 aromatic carbocycles. The summed E-state index contributed by atoms with van der Waals surface area (Å²) in [5.74, 6) is 0. The normalized spacial score (nSPS) is 28.6. The van der Waals surface area contributed by atoms with Gasteiger partial charge in [0.15, 0.2) is 0 Å². The first-order valence-corrected chi connectivity index (χ1v) is 7.10. The van der Waals surface area contributed by atoms with Gasteiger partial charge in [0, 0.05) is 30.4 Å². The van der Waals surface area contributed by atoms with Crippen LogP contribution in [0.2, 0.25) is 0 Å². The van der Waals surface area contributed by atoms with E-state index < -0.39 is 0 Å². The van der Waals surface area contributed by atoms with Crippen LogP contribution in [0.5, 0.6) is 0 Å². The van der Waals surface area contributed by atoms with Crippen LogP contribution in [0, 0.1) is 13.8 Å². The molecule has 0 radical (unpaired) electrons. The summed E-state index contributed by atoms with van der Waals surface area (Å²) in [7, 11) is 0. The molecule has 0 bridgehead atoms. The van der Waals surface area contributed by atoms with Crippen molar-refractivity contribution in [2.24, 2.45) is 0 Å². The number of hydrogen-bond donors (Lipinski definition) is 1. The molecule has 1 aliphatic heterocycles. The first-order valence-electron chi connectivity index (χ1n) is 7.10. The molecule has 98 valence electrons. The minimum atomic E-state index is 0.587. The molecule has 18 heavy (non-hydrogen) atoms. The van der Waals surface area contributed by atoms with Gasteiger partial charge in [0.25, 0.3) is 0 Å². The Hall–Kier alpha value is -1.09. The first kappa shape index (κ1) is 12.0. The predicted molar refractivity (Wildman–Crippen MR) is 74.9 cm³/mol. The number of aromatic nitrogens is 1. The zero-order valence-corrected chi connectivity index (χ0v) is 11.6. The van der Waals surface area contributed by atoms with E-state index >= 15 is 0 Å². The molecule has 1 N–H and O–H groups in total. The number of likely N-dealkylation sites (tertiary alicyclic amines) is 1. The van der Waals surface area contributed by atoms with Gasteiger partial charge in [-0.3, -0.25) is 9.88 Å². The highest BCUT2D eigenvalue weighted by Gasteiger charge is 2.38. The van der Waals surface area contributed by atoms with Crippen LogP contribution in [0.15, 0.2) is 12.1 Å². The number of pyridine rings is 1. The van der Waals surface area contributed by atoms with Crippen molar-refractivity contribution in [2.75, 3.05) is 11.9 Å². The molecular weight excluding hydrogens is 222 g/mol. The molecule has 3 rings (SSSR count). The van der Waals surface area contributed by atoms with E-state index in [4.69, 9.17) is 0 Å². The fourth-order valence-electron chi connectivity index (χ4n) is 3.13. The Morgan fingerprint density at radius 3 is 2.72 bits per heavy atom. The lowest BCUT2D eigenvalue weighted by atomic mass is 10.1. The Labute approximate surface area is 110 Å². The second-order valence-corrected chi connectivity index (χ2v) is 5.94. The van der Waals surface area contributed by atoms with Crippen molar-refractivity contribution < 1.29 is 0 Å². The summed E-state index contributed by atoms with van der Waals surface area (Å²) in [6, 6.07) is 6.45. The maximum Gasteiger partial charge on any atom is 0.0606 e. The molecule has 1 aromatic rings. The van der Waals surface area contributed by atoms with Crippen LogP contribution < -0.4 is 5.32 Å². The Kier molecular flexibility index (Phi) is 3.02. The van der Waals surface area contributed by atoms with E-state index in [9.17, 15) is 0 Å². The molecule has 0 spiro atoms. The molecular formula is C15H23N3. The topological polar surface area (TPSA) is 28.2 Å². The van der Waals surface area contributed by atoms with Crippen molar-refractivity contribution in [1.82, 2.24) is 9.88 Å². The average Bonchev–Trinajstić information content (AvgIpc) is 3.08. The van der Waals surface area contributed by atoms with Gasteiger partial charge in [-0.15, -0.1) is 0 Å². The van der Waals surface area contributed by atoms with Crippen molar-refractivity contribution in [1.29, 1.82) is 0 Å². The number of hydrogen-bond acceptors (Lipinski definition) is 3. The molecule has 1 saturated carbocycles. The van der Waals surface area contributed by atoms with Crippen molar-refractivity contribution in [3.05, 3.63) is 23.5 Å². The van der Waals surface area contributed by atoms with Crippen LogP contribution in [0.1, 0.15) is 37.6 Å². The van der Waals surface area contributed by atoms with E-state index in [1.165, 1.54) is 31.5 Å². The summed E-state index contributed by atoms with van der Waals surface area (Å²) in [5.41, 5.74) is 3.42. The van der Waals surface area contributed by atoms with Gasteiger partial charge >= 0.3 is 0 Å². The predicted octanol–water partition coefficient (Wildman–Crippen LogP) is 2.74. The number of aryl methyl sites for hydroxylation is 2. The average molecular weight is 245 g/mol. The van der Waals surface area contributed by atoms with E-state index in [0.717, 1.165) is 23.5 Å². The van der Waals surface area contributed by atoms with E-state index in [1.807, 2.05) is 6.92 Å². The van der Waals surface area contributed by atoms with Crippen LogP contribution in [0.25, 0.3) is 0 Å². The van der Waals surface area contributed by atoms with E-state index in [0.29, 0.717) is 6.04 Å². The quantitative estimate of drug-likeness (QED) is 0.887. The largest absolute Gasteiger partial charge is 0.379 e. The van der Waals surface area contributed by atoms with Gasteiger partial charge in [0.05, 0.1) is 11.4 Å². The molecule has 2 aliphatic rings. The third-order valence-electron chi connectivity index (χ3n) is 4.22. The third kappa shape index (κ3) is 2.37. The number of nitrogens with zero attached hydrogens (tertiary/aromatic N) is 2. The van der Waals surface area contributed by atoms with Gasteiger partial charge in [-0.2, -0.15) is 0 Å². The summed E-state index contributed by atoms with van der Waals surface area (Å²) in [6.07, 6.45) is 4.06. The zero-order valence-electron chi connectivity index (χ0n) is 11.6. The Morgan fingerprint density at radius 1 is 1.28 bits per heavy atom. The maximum absolute atomic E-state index is 4.53. The maximum atomic E-state index is 4.53. The number of nitrogens with one attached hydrogen (secondary N) is 1. The highest BCUT2D eigenvalue weighted by atomic mass is 15.3. The standard InChI is InChI=1S/C15H23N3/c1-10-4-7-15(12(3)16-10)17-13-8-11(2)18(9-13)14-5-6-14/h4,7,11,13-14,17H,5-6,8-9H2,1-3H3. The van der Waals surface area contributed by atoms with E-state index in [1.54, 1.807) is 0 Å². The van der Waals surface area contributed by atoms with E-state index in [2.05, 4.69) is 41.2 Å². The van der Waals surface area contributed by atoms with Crippen LogP contribution in [-0.2, 0) is 0 Å². The monoisotopic (exact) mass is 245 g/mol. The summed E-state index contributed by atoms with van der Waals surface area (Å²) in [5, 5.41) is 3.68. The molecule has 1 saturated heterocycles. The van der Waals surface area contributed by atoms with Gasteiger partial charge in [-0.1, -0.05) is 0 Å². The SMILES string of the molecule is Cc1ccc(NC2CC(C)N(C3CC3)C2)c(C)n1. The molecule has 2 atom stereocenters. The van der Waals surface area contributed by atoms with E-state index in [-0.39, 0.29) is 0 Å². The van der Waals surface area contributed by atoms with Crippen LogP contribution in [0.4, 0.5) is 5.69 Å². The lowest BCUT2D eigenvalue weighted by Gasteiger charge is -2.20. The van der Waals surface area contributed by atoms with Crippen LogP contribution >= 0.6 is 0 Å². The Bertz CT molecular complexity index is 439. The minimum Gasteiger partial charge on any atom is -0.379 e. The van der Waals surface area contributed by atoms with Gasteiger partial charge in [-0.05, 0) is 52.2 Å². The summed E-state index contributed by atoms with van der Waals surface area (Å²) in [4.78, 5) is 7.20. The van der Waals surface area contributed by atoms with Crippen molar-refractivity contribution in [2.45, 2.75) is 58.2 Å². The first-order chi connectivity index (χ1) is 8.63. The zero-order chi connectivity index (χ0) is 12.7. The van der Waals surface area contributed by atoms with Crippen LogP contribution in [0.3, 0.4) is 0 Å². The molecule has 1 aromatic heterocycles. The third-order valence-corrected chi connectivity index (χ3v) is 4.22. The second-order valence-electron chi connectivity index (χ2n) is 5.94. The molecule has 2 unspecified atom stereocenters. The molecule has 1 aliphatic carbocycles. The van der Waals surface area contributed by atoms with Gasteiger partial charge in [-0.25, -0.2) is 0 Å². The molecule has 2 fully saturated rings. The lowest BCUT2D eigenvalue weighted by molar-refractivity contribution is 0.257. The summed E-state index contributed by atoms with van der Waals surface area (Å²) >= 11 is 0. The summed E-state index contributed by atoms with van der Waals surface area (Å²) < 4.78 is 0. The van der Waals surface area contributed by atoms with Gasteiger partial charge < -0.3 is 5.32 Å². The Morgan fingerprint density at radius 2 is 2.06 bits per heavy atom. The molecule has 3 heteroatoms. The smallest absolute Gasteiger partial charge is 0.0606 e. The van der Waals surface area contributed by atoms with Crippen LogP contribution in [-0.4, -0.2) is 34.6 Å². The Balaban J connectivity index is 1.66. The fourth-order valence-corrected chi connectivity index (χ4v) is 3.13. The number of rotatable bonds is 3. The van der Waals surface area contributed by atoms with Gasteiger partial charge in [0.2, 0.25) is 0 Å². The van der Waals surface area contributed by atoms with Crippen molar-refractivity contribution in [3.8, 4) is 0 Å². The highest BCUT2D eigenvalue weighted by Crippen LogP contribution is 2.34. The van der Waals surface area contributed by atoms with Crippen molar-refractivity contribution >= 4 is 5.69 Å². The molecule has 3 nitrogen and oxygen atoms in total. The molecule has 0 amide bonds. The highest BCUT2D eigenvalue weighted by molar-refractivity contribution is 5.48. The number of anilines is 1. The van der Waals surface area contributed by atoms with Gasteiger partial charge in [0.1, 0.15) is 0 Å². The summed E-state index contributed by atoms with van der Waals surface area (Å²) in [6.45, 7) is 7.69. The minimum absolute atomic E-state index is 0.587. The molecule has 2 heterocycles. The fraction of sp³-hybridized carbons (Fsp3) is 0.667. The second kappa shape index (κ2) is 4.54.